The minimum Gasteiger partial charge on any atom is -0.330 e. The third-order valence-electron chi connectivity index (χ3n) is 4.47. The van der Waals surface area contributed by atoms with E-state index >= 15 is 0 Å². The number of amides is 1. The Kier molecular flexibility index (Phi) is 4.55. The first-order valence-electron chi connectivity index (χ1n) is 8.67. The van der Waals surface area contributed by atoms with E-state index in [1.54, 1.807) is 18.6 Å². The van der Waals surface area contributed by atoms with Crippen LogP contribution in [-0.4, -0.2) is 32.3 Å². The Morgan fingerprint density at radius 2 is 1.77 bits per heavy atom. The van der Waals surface area contributed by atoms with Crippen LogP contribution in [0.3, 0.4) is 0 Å². The Bertz CT molecular complexity index is 868. The van der Waals surface area contributed by atoms with Crippen molar-refractivity contribution in [3.05, 3.63) is 78.4 Å². The van der Waals surface area contributed by atoms with Gasteiger partial charge in [-0.3, -0.25) is 9.78 Å². The predicted octanol–water partition coefficient (Wildman–Crippen LogP) is 3.59. The van der Waals surface area contributed by atoms with Crippen molar-refractivity contribution in [2.75, 3.05) is 11.9 Å². The quantitative estimate of drug-likeness (QED) is 0.782. The van der Waals surface area contributed by atoms with Gasteiger partial charge in [0.2, 0.25) is 5.95 Å². The number of anilines is 2. The summed E-state index contributed by atoms with van der Waals surface area (Å²) in [4.78, 5) is 27.7. The van der Waals surface area contributed by atoms with Crippen LogP contribution in [-0.2, 0) is 0 Å². The van der Waals surface area contributed by atoms with Crippen LogP contribution < -0.4 is 5.32 Å². The molecule has 0 radical (unpaired) electrons. The van der Waals surface area contributed by atoms with Crippen LogP contribution in [0.25, 0.3) is 0 Å². The van der Waals surface area contributed by atoms with Crippen molar-refractivity contribution in [2.45, 2.75) is 18.9 Å². The van der Waals surface area contributed by atoms with E-state index in [9.17, 15) is 4.79 Å². The lowest BCUT2D eigenvalue weighted by Gasteiger charge is -2.24. The normalized spacial score (nSPS) is 16.5. The lowest BCUT2D eigenvalue weighted by Crippen LogP contribution is -2.31. The van der Waals surface area contributed by atoms with Crippen molar-refractivity contribution >= 4 is 17.5 Å². The number of carbonyl (C=O) groups is 1. The summed E-state index contributed by atoms with van der Waals surface area (Å²) >= 11 is 0. The Labute approximate surface area is 151 Å². The van der Waals surface area contributed by atoms with Gasteiger partial charge in [-0.25, -0.2) is 9.97 Å². The molecule has 0 saturated carbocycles. The number of hydrogen-bond acceptors (Lipinski definition) is 5. The molecule has 6 heteroatoms. The lowest BCUT2D eigenvalue weighted by atomic mass is 10.1. The number of aromatic nitrogens is 3. The zero-order valence-electron chi connectivity index (χ0n) is 14.2. The van der Waals surface area contributed by atoms with Gasteiger partial charge in [-0.2, -0.15) is 0 Å². The van der Waals surface area contributed by atoms with Crippen LogP contribution in [0.1, 0.15) is 34.9 Å². The second kappa shape index (κ2) is 7.31. The van der Waals surface area contributed by atoms with Gasteiger partial charge in [0.05, 0.1) is 17.3 Å². The molecule has 6 nitrogen and oxygen atoms in total. The van der Waals surface area contributed by atoms with Gasteiger partial charge in [0.25, 0.3) is 5.91 Å². The van der Waals surface area contributed by atoms with Crippen LogP contribution in [0.2, 0.25) is 0 Å². The van der Waals surface area contributed by atoms with E-state index in [1.807, 2.05) is 53.4 Å². The molecule has 3 aromatic rings. The first kappa shape index (κ1) is 16.2. The highest BCUT2D eigenvalue weighted by molar-refractivity contribution is 5.94. The van der Waals surface area contributed by atoms with Gasteiger partial charge in [-0.05, 0) is 37.1 Å². The minimum atomic E-state index is -0.0515. The number of pyridine rings is 1. The molecule has 1 aliphatic rings. The zero-order valence-corrected chi connectivity index (χ0v) is 14.2. The second-order valence-corrected chi connectivity index (χ2v) is 6.20. The number of nitrogens with zero attached hydrogens (tertiary/aromatic N) is 4. The van der Waals surface area contributed by atoms with Crippen LogP contribution in [0.5, 0.6) is 0 Å². The smallest absolute Gasteiger partial charge is 0.257 e. The fourth-order valence-corrected chi connectivity index (χ4v) is 3.21. The summed E-state index contributed by atoms with van der Waals surface area (Å²) in [5.41, 5.74) is 2.33. The lowest BCUT2D eigenvalue weighted by molar-refractivity contribution is 0.0732. The number of para-hydroxylation sites is 1. The van der Waals surface area contributed by atoms with Gasteiger partial charge < -0.3 is 10.2 Å². The fraction of sp³-hybridized carbons (Fsp3) is 0.200. The topological polar surface area (TPSA) is 71.0 Å². The highest BCUT2D eigenvalue weighted by Crippen LogP contribution is 2.31. The van der Waals surface area contributed by atoms with E-state index in [0.29, 0.717) is 11.5 Å². The van der Waals surface area contributed by atoms with Crippen molar-refractivity contribution in [1.82, 2.24) is 19.9 Å². The molecule has 26 heavy (non-hydrogen) atoms. The van der Waals surface area contributed by atoms with E-state index in [-0.39, 0.29) is 11.9 Å². The molecule has 0 aliphatic carbocycles. The van der Waals surface area contributed by atoms with E-state index in [0.717, 1.165) is 30.8 Å². The van der Waals surface area contributed by atoms with Crippen molar-refractivity contribution in [3.63, 3.8) is 0 Å². The van der Waals surface area contributed by atoms with Crippen molar-refractivity contribution in [2.24, 2.45) is 0 Å². The maximum atomic E-state index is 12.9. The average molecular weight is 345 g/mol. The molecule has 0 spiro atoms. The van der Waals surface area contributed by atoms with Crippen LogP contribution >= 0.6 is 0 Å². The minimum absolute atomic E-state index is 0.0193. The molecule has 1 saturated heterocycles. The predicted molar refractivity (Wildman–Crippen MR) is 99.0 cm³/mol. The summed E-state index contributed by atoms with van der Waals surface area (Å²) in [5, 5.41) is 3.12. The van der Waals surface area contributed by atoms with Gasteiger partial charge >= 0.3 is 0 Å². The highest BCUT2D eigenvalue weighted by atomic mass is 16.2. The SMILES string of the molecule is O=C(c1cnc(Nc2ccccc2)nc1)N1CCCC1c1ccccn1. The molecule has 3 heterocycles. The summed E-state index contributed by atoms with van der Waals surface area (Å²) in [6.45, 7) is 0.726. The van der Waals surface area contributed by atoms with Gasteiger partial charge in [-0.15, -0.1) is 0 Å². The molecule has 1 aliphatic heterocycles. The Hall–Kier alpha value is -3.28. The number of likely N-dealkylation sites (tertiary alicyclic amines) is 1. The molecule has 1 N–H and O–H groups in total. The molecule has 1 aromatic carbocycles. The fourth-order valence-electron chi connectivity index (χ4n) is 3.21. The molecule has 1 atom stereocenters. The molecule has 4 rings (SSSR count). The molecular formula is C20H19N5O. The molecule has 1 fully saturated rings. The number of benzene rings is 1. The Morgan fingerprint density at radius 1 is 1.00 bits per heavy atom. The largest absolute Gasteiger partial charge is 0.330 e. The second-order valence-electron chi connectivity index (χ2n) is 6.20. The van der Waals surface area contributed by atoms with E-state index in [4.69, 9.17) is 0 Å². The summed E-state index contributed by atoms with van der Waals surface area (Å²) in [6.07, 6.45) is 6.82. The maximum Gasteiger partial charge on any atom is 0.257 e. The van der Waals surface area contributed by atoms with Gasteiger partial charge in [0, 0.05) is 30.8 Å². The third kappa shape index (κ3) is 3.39. The van der Waals surface area contributed by atoms with Crippen LogP contribution in [0.15, 0.2) is 67.1 Å². The first-order chi connectivity index (χ1) is 12.8. The maximum absolute atomic E-state index is 12.9. The highest BCUT2D eigenvalue weighted by Gasteiger charge is 2.31. The molecule has 2 aromatic heterocycles. The Morgan fingerprint density at radius 3 is 2.50 bits per heavy atom. The van der Waals surface area contributed by atoms with Gasteiger partial charge in [0.1, 0.15) is 0 Å². The molecule has 130 valence electrons. The first-order valence-corrected chi connectivity index (χ1v) is 8.67. The van der Waals surface area contributed by atoms with E-state index < -0.39 is 0 Å². The standard InChI is InChI=1S/C20H19N5O/c26-19(25-12-6-10-18(25)17-9-4-5-11-21-17)15-13-22-20(23-14-15)24-16-7-2-1-3-8-16/h1-5,7-9,11,13-14,18H,6,10,12H2,(H,22,23,24). The average Bonchev–Trinajstić information content (AvgIpc) is 3.19. The molecule has 1 amide bonds. The Balaban J connectivity index is 1.49. The van der Waals surface area contributed by atoms with Crippen molar-refractivity contribution < 1.29 is 4.79 Å². The summed E-state index contributed by atoms with van der Waals surface area (Å²) < 4.78 is 0. The number of nitrogens with one attached hydrogen (secondary N) is 1. The van der Waals surface area contributed by atoms with Crippen LogP contribution in [0, 0.1) is 0 Å². The van der Waals surface area contributed by atoms with Crippen molar-refractivity contribution in [3.8, 4) is 0 Å². The van der Waals surface area contributed by atoms with Gasteiger partial charge in [0.15, 0.2) is 0 Å². The summed E-state index contributed by atoms with van der Waals surface area (Å²) in [5.74, 6) is 0.417. The van der Waals surface area contributed by atoms with Crippen LogP contribution in [0.4, 0.5) is 11.6 Å². The summed E-state index contributed by atoms with van der Waals surface area (Å²) in [7, 11) is 0. The molecule has 1 unspecified atom stereocenters. The number of hydrogen-bond donors (Lipinski definition) is 1. The number of carbonyl (C=O) groups excluding carboxylic acids is 1. The third-order valence-corrected chi connectivity index (χ3v) is 4.47. The monoisotopic (exact) mass is 345 g/mol. The number of rotatable bonds is 4. The van der Waals surface area contributed by atoms with Crippen molar-refractivity contribution in [1.29, 1.82) is 0 Å². The van der Waals surface area contributed by atoms with Gasteiger partial charge in [-0.1, -0.05) is 24.3 Å². The van der Waals surface area contributed by atoms with E-state index in [2.05, 4.69) is 20.3 Å². The van der Waals surface area contributed by atoms with E-state index in [1.165, 1.54) is 0 Å². The molecule has 0 bridgehead atoms. The molecular weight excluding hydrogens is 326 g/mol. The summed E-state index contributed by atoms with van der Waals surface area (Å²) in [6, 6.07) is 15.5. The zero-order chi connectivity index (χ0) is 17.8.